The zero-order chi connectivity index (χ0) is 34.6. The summed E-state index contributed by atoms with van der Waals surface area (Å²) in [7, 11) is 0. The Morgan fingerprint density at radius 1 is 0.358 bits per heavy atom. The van der Waals surface area contributed by atoms with Gasteiger partial charge in [0.15, 0.2) is 0 Å². The maximum Gasteiger partial charge on any atom is 0.143 e. The van der Waals surface area contributed by atoms with Crippen molar-refractivity contribution in [1.29, 1.82) is 0 Å². The minimum absolute atomic E-state index is 0.900. The standard InChI is InChI=1S/C50H28O2S/c1-2-13-29(14-3-1)41-28-53-50-40(41)27-43-46(38-21-10-11-24-42(38)51-43)47(50)45-34-19-8-6-17-32(34)44(33-18-7-9-20-35(33)45)39-23-12-22-36-37-26-25-30-15-4-5-16-31(30)48(37)52-49(36)39/h1-28H. The van der Waals surface area contributed by atoms with Gasteiger partial charge in [0.05, 0.1) is 0 Å². The van der Waals surface area contributed by atoms with Gasteiger partial charge in [0, 0.05) is 59.3 Å². The Morgan fingerprint density at radius 2 is 0.981 bits per heavy atom. The van der Waals surface area contributed by atoms with Crippen molar-refractivity contribution >= 4 is 97.6 Å². The van der Waals surface area contributed by atoms with Crippen LogP contribution in [0.4, 0.5) is 0 Å². The first kappa shape index (κ1) is 29.0. The molecule has 0 saturated carbocycles. The van der Waals surface area contributed by atoms with Gasteiger partial charge in [-0.25, -0.2) is 0 Å². The van der Waals surface area contributed by atoms with E-state index in [0.29, 0.717) is 0 Å². The van der Waals surface area contributed by atoms with Gasteiger partial charge in [-0.05, 0) is 61.6 Å². The topological polar surface area (TPSA) is 26.3 Å². The molecule has 0 radical (unpaired) electrons. The van der Waals surface area contributed by atoms with Crippen LogP contribution in [0.3, 0.4) is 0 Å². The number of fused-ring (bicyclic) bond motifs is 11. The highest BCUT2D eigenvalue weighted by atomic mass is 32.1. The van der Waals surface area contributed by atoms with Gasteiger partial charge < -0.3 is 8.83 Å². The molecule has 0 aliphatic rings. The highest BCUT2D eigenvalue weighted by Crippen LogP contribution is 2.53. The number of rotatable bonds is 3. The summed E-state index contributed by atoms with van der Waals surface area (Å²) < 4.78 is 14.9. The highest BCUT2D eigenvalue weighted by molar-refractivity contribution is 7.18. The molecule has 0 spiro atoms. The summed E-state index contributed by atoms with van der Waals surface area (Å²) in [5.74, 6) is 0. The fraction of sp³-hybridized carbons (Fsp3) is 0. The fourth-order valence-corrected chi connectivity index (χ4v) is 9.98. The molecule has 0 bridgehead atoms. The van der Waals surface area contributed by atoms with Crippen LogP contribution in [0.15, 0.2) is 178 Å². The lowest BCUT2D eigenvalue weighted by Gasteiger charge is -2.19. The Morgan fingerprint density at radius 3 is 1.75 bits per heavy atom. The van der Waals surface area contributed by atoms with Crippen LogP contribution in [0.25, 0.3) is 120 Å². The van der Waals surface area contributed by atoms with Crippen molar-refractivity contribution in [1.82, 2.24) is 0 Å². The molecule has 0 atom stereocenters. The van der Waals surface area contributed by atoms with Gasteiger partial charge in [0.25, 0.3) is 0 Å². The minimum Gasteiger partial charge on any atom is -0.456 e. The quantitative estimate of drug-likeness (QED) is 0.172. The Hall–Kier alpha value is -6.68. The minimum atomic E-state index is 0.900. The van der Waals surface area contributed by atoms with Gasteiger partial charge in [-0.3, -0.25) is 0 Å². The van der Waals surface area contributed by atoms with E-state index >= 15 is 0 Å². The maximum absolute atomic E-state index is 6.95. The van der Waals surface area contributed by atoms with Crippen LogP contribution in [-0.4, -0.2) is 0 Å². The molecule has 0 saturated heterocycles. The molecule has 246 valence electrons. The lowest BCUT2D eigenvalue weighted by atomic mass is 9.84. The van der Waals surface area contributed by atoms with Gasteiger partial charge in [-0.15, -0.1) is 11.3 Å². The third-order valence-electron chi connectivity index (χ3n) is 11.1. The van der Waals surface area contributed by atoms with E-state index in [4.69, 9.17) is 8.83 Å². The second kappa shape index (κ2) is 10.9. The maximum atomic E-state index is 6.95. The van der Waals surface area contributed by atoms with Crippen molar-refractivity contribution in [3.05, 3.63) is 169 Å². The van der Waals surface area contributed by atoms with Gasteiger partial charge >= 0.3 is 0 Å². The van der Waals surface area contributed by atoms with Crippen LogP contribution < -0.4 is 0 Å². The molecule has 2 nitrogen and oxygen atoms in total. The van der Waals surface area contributed by atoms with Crippen molar-refractivity contribution in [2.24, 2.45) is 0 Å². The smallest absolute Gasteiger partial charge is 0.143 e. The molecule has 0 amide bonds. The Labute approximate surface area is 307 Å². The molecule has 53 heavy (non-hydrogen) atoms. The monoisotopic (exact) mass is 692 g/mol. The number of hydrogen-bond donors (Lipinski definition) is 0. The molecular formula is C50H28O2S. The van der Waals surface area contributed by atoms with E-state index in [-0.39, 0.29) is 0 Å². The Bertz CT molecular complexity index is 3390. The van der Waals surface area contributed by atoms with Crippen molar-refractivity contribution in [2.75, 3.05) is 0 Å². The molecule has 0 fully saturated rings. The van der Waals surface area contributed by atoms with E-state index in [9.17, 15) is 0 Å². The van der Waals surface area contributed by atoms with Gasteiger partial charge in [0.2, 0.25) is 0 Å². The van der Waals surface area contributed by atoms with E-state index in [1.54, 1.807) is 0 Å². The number of thiophene rings is 1. The fourth-order valence-electron chi connectivity index (χ4n) is 8.86. The third-order valence-corrected chi connectivity index (χ3v) is 12.1. The second-order valence-corrected chi connectivity index (χ2v) is 14.8. The molecule has 12 aromatic rings. The van der Waals surface area contributed by atoms with Gasteiger partial charge in [-0.2, -0.15) is 0 Å². The SMILES string of the molecule is c1ccc(-c2csc3c(-c4c5ccccc5c(-c5cccc6c5oc5c7ccccc7ccc65)c5ccccc45)c4c(cc23)oc2ccccc24)cc1. The lowest BCUT2D eigenvalue weighted by molar-refractivity contribution is 0.669. The molecule has 9 aromatic carbocycles. The summed E-state index contributed by atoms with van der Waals surface area (Å²) in [5.41, 5.74) is 10.8. The summed E-state index contributed by atoms with van der Waals surface area (Å²) in [6, 6.07) is 58.8. The molecule has 0 aliphatic carbocycles. The van der Waals surface area contributed by atoms with Gasteiger partial charge in [-0.1, -0.05) is 146 Å². The van der Waals surface area contributed by atoms with Crippen molar-refractivity contribution in [3.63, 3.8) is 0 Å². The zero-order valence-electron chi connectivity index (χ0n) is 28.4. The molecule has 0 N–H and O–H groups in total. The summed E-state index contributed by atoms with van der Waals surface area (Å²) >= 11 is 1.82. The predicted molar refractivity (Wildman–Crippen MR) is 225 cm³/mol. The largest absolute Gasteiger partial charge is 0.456 e. The van der Waals surface area contributed by atoms with Gasteiger partial charge in [0.1, 0.15) is 22.3 Å². The first-order valence-electron chi connectivity index (χ1n) is 18.0. The van der Waals surface area contributed by atoms with E-state index in [2.05, 4.69) is 169 Å². The number of hydrogen-bond acceptors (Lipinski definition) is 3. The molecule has 3 aromatic heterocycles. The Kier molecular flexibility index (Phi) is 5.96. The van der Waals surface area contributed by atoms with Crippen LogP contribution in [0.2, 0.25) is 0 Å². The van der Waals surface area contributed by atoms with Crippen molar-refractivity contribution < 1.29 is 8.83 Å². The first-order chi connectivity index (χ1) is 26.3. The van der Waals surface area contributed by atoms with E-state index in [1.807, 2.05) is 11.3 Å². The molecule has 0 aliphatic heterocycles. The number of para-hydroxylation sites is 2. The molecular weight excluding hydrogens is 665 g/mol. The first-order valence-corrected chi connectivity index (χ1v) is 18.9. The van der Waals surface area contributed by atoms with Crippen LogP contribution in [0.5, 0.6) is 0 Å². The average molecular weight is 693 g/mol. The van der Waals surface area contributed by atoms with Crippen molar-refractivity contribution in [3.8, 4) is 33.4 Å². The van der Waals surface area contributed by atoms with E-state index in [1.165, 1.54) is 64.8 Å². The lowest BCUT2D eigenvalue weighted by Crippen LogP contribution is -1.92. The zero-order valence-corrected chi connectivity index (χ0v) is 29.2. The van der Waals surface area contributed by atoms with Crippen LogP contribution in [0.1, 0.15) is 0 Å². The number of furan rings is 2. The highest BCUT2D eigenvalue weighted by Gasteiger charge is 2.25. The Balaban J connectivity index is 1.25. The summed E-state index contributed by atoms with van der Waals surface area (Å²) in [6.07, 6.45) is 0. The van der Waals surface area contributed by atoms with Crippen LogP contribution in [-0.2, 0) is 0 Å². The molecule has 3 heterocycles. The third kappa shape index (κ3) is 4.03. The van der Waals surface area contributed by atoms with Crippen LogP contribution >= 0.6 is 11.3 Å². The predicted octanol–water partition coefficient (Wildman–Crippen LogP) is 15.2. The number of benzene rings is 9. The average Bonchev–Trinajstić information content (AvgIpc) is 3.93. The summed E-state index contributed by atoms with van der Waals surface area (Å²) in [5, 5.41) is 15.2. The second-order valence-electron chi connectivity index (χ2n) is 13.9. The summed E-state index contributed by atoms with van der Waals surface area (Å²) in [6.45, 7) is 0. The summed E-state index contributed by atoms with van der Waals surface area (Å²) in [4.78, 5) is 0. The molecule has 3 heteroatoms. The normalized spacial score (nSPS) is 12.2. The van der Waals surface area contributed by atoms with Crippen molar-refractivity contribution in [2.45, 2.75) is 0 Å². The van der Waals surface area contributed by atoms with E-state index < -0.39 is 0 Å². The molecule has 0 unspecified atom stereocenters. The van der Waals surface area contributed by atoms with E-state index in [0.717, 1.165) is 54.8 Å². The molecule has 12 rings (SSSR count). The van der Waals surface area contributed by atoms with Crippen LogP contribution in [0, 0.1) is 0 Å².